The molecule has 3 rings (SSSR count). The number of carbonyl (C=O) groups is 1. The zero-order chi connectivity index (χ0) is 17.2. The monoisotopic (exact) mass is 330 g/mol. The molecule has 1 saturated carbocycles. The van der Waals surface area contributed by atoms with Gasteiger partial charge in [-0.3, -0.25) is 4.79 Å². The van der Waals surface area contributed by atoms with Gasteiger partial charge >= 0.3 is 0 Å². The average molecular weight is 330 g/mol. The van der Waals surface area contributed by atoms with Crippen LogP contribution in [0.3, 0.4) is 0 Å². The van der Waals surface area contributed by atoms with Crippen LogP contribution in [0.25, 0.3) is 0 Å². The molecule has 2 aliphatic rings. The molecule has 4 nitrogen and oxygen atoms in total. The number of amides is 1. The van der Waals surface area contributed by atoms with Crippen LogP contribution in [-0.4, -0.2) is 53.1 Å². The van der Waals surface area contributed by atoms with Gasteiger partial charge in [-0.1, -0.05) is 50.1 Å². The zero-order valence-electron chi connectivity index (χ0n) is 14.9. The van der Waals surface area contributed by atoms with Gasteiger partial charge in [-0.15, -0.1) is 0 Å². The van der Waals surface area contributed by atoms with E-state index in [-0.39, 0.29) is 11.8 Å². The molecule has 1 N–H and O–H groups in total. The normalized spacial score (nSPS) is 26.6. The third-order valence-corrected chi connectivity index (χ3v) is 5.66. The van der Waals surface area contributed by atoms with Gasteiger partial charge < -0.3 is 14.9 Å². The summed E-state index contributed by atoms with van der Waals surface area (Å²) in [4.78, 5) is 17.4. The van der Waals surface area contributed by atoms with Crippen LogP contribution in [0, 0.1) is 11.8 Å². The number of benzene rings is 1. The minimum absolute atomic E-state index is 0.0451. The molecule has 1 aliphatic carbocycles. The molecule has 1 aromatic carbocycles. The second-order valence-corrected chi connectivity index (χ2v) is 7.92. The summed E-state index contributed by atoms with van der Waals surface area (Å²) in [6, 6.07) is 10.1. The fourth-order valence-corrected chi connectivity index (χ4v) is 4.33. The van der Waals surface area contributed by atoms with Crippen molar-refractivity contribution in [3.63, 3.8) is 0 Å². The van der Waals surface area contributed by atoms with Crippen molar-refractivity contribution < 1.29 is 9.90 Å². The van der Waals surface area contributed by atoms with Crippen molar-refractivity contribution in [2.24, 2.45) is 11.8 Å². The van der Waals surface area contributed by atoms with Crippen LogP contribution in [0.5, 0.6) is 0 Å². The molecule has 0 aromatic heterocycles. The maximum Gasteiger partial charge on any atom is 0.227 e. The van der Waals surface area contributed by atoms with Crippen LogP contribution in [0.4, 0.5) is 0 Å². The van der Waals surface area contributed by atoms with Gasteiger partial charge in [-0.05, 0) is 31.4 Å². The van der Waals surface area contributed by atoms with E-state index in [0.717, 1.165) is 44.3 Å². The van der Waals surface area contributed by atoms with E-state index in [1.165, 1.54) is 0 Å². The summed E-state index contributed by atoms with van der Waals surface area (Å²) >= 11 is 0. The first-order valence-electron chi connectivity index (χ1n) is 9.20. The Morgan fingerprint density at radius 1 is 1.25 bits per heavy atom. The molecule has 1 aliphatic heterocycles. The topological polar surface area (TPSA) is 43.8 Å². The van der Waals surface area contributed by atoms with Gasteiger partial charge in [0, 0.05) is 26.2 Å². The predicted octanol–water partition coefficient (Wildman–Crippen LogP) is 2.52. The Morgan fingerprint density at radius 2 is 1.92 bits per heavy atom. The molecule has 1 aromatic rings. The lowest BCUT2D eigenvalue weighted by Gasteiger charge is -2.34. The van der Waals surface area contributed by atoms with E-state index in [4.69, 9.17) is 0 Å². The highest BCUT2D eigenvalue weighted by atomic mass is 16.3. The van der Waals surface area contributed by atoms with Crippen molar-refractivity contribution >= 4 is 5.91 Å². The molecular weight excluding hydrogens is 300 g/mol. The molecule has 2 atom stereocenters. The lowest BCUT2D eigenvalue weighted by atomic mass is 9.94. The van der Waals surface area contributed by atoms with Gasteiger partial charge in [0.1, 0.15) is 0 Å². The van der Waals surface area contributed by atoms with Crippen LogP contribution in [0.1, 0.15) is 38.2 Å². The van der Waals surface area contributed by atoms with E-state index in [2.05, 4.69) is 31.0 Å². The molecule has 2 fully saturated rings. The SMILES string of the molecule is CC1CN(C)CC1C(=O)N(Cc1ccccc1)CC1(O)CCCC1. The van der Waals surface area contributed by atoms with Gasteiger partial charge in [0.05, 0.1) is 11.5 Å². The first kappa shape index (κ1) is 17.4. The molecule has 1 amide bonds. The molecule has 24 heavy (non-hydrogen) atoms. The number of carbonyl (C=O) groups excluding carboxylic acids is 1. The molecule has 2 unspecified atom stereocenters. The highest BCUT2D eigenvalue weighted by Crippen LogP contribution is 2.32. The van der Waals surface area contributed by atoms with E-state index >= 15 is 0 Å². The summed E-state index contributed by atoms with van der Waals surface area (Å²) in [5.74, 6) is 0.624. The number of aliphatic hydroxyl groups is 1. The largest absolute Gasteiger partial charge is 0.388 e. The number of likely N-dealkylation sites (tertiary alicyclic amines) is 1. The molecule has 4 heteroatoms. The van der Waals surface area contributed by atoms with Crippen molar-refractivity contribution in [2.75, 3.05) is 26.7 Å². The van der Waals surface area contributed by atoms with Crippen LogP contribution < -0.4 is 0 Å². The molecule has 1 heterocycles. The molecule has 0 bridgehead atoms. The zero-order valence-corrected chi connectivity index (χ0v) is 14.9. The van der Waals surface area contributed by atoms with Crippen molar-refractivity contribution in [3.8, 4) is 0 Å². The fraction of sp³-hybridized carbons (Fsp3) is 0.650. The number of hydrogen-bond acceptors (Lipinski definition) is 3. The van der Waals surface area contributed by atoms with Gasteiger partial charge in [0.15, 0.2) is 0 Å². The Morgan fingerprint density at radius 3 is 2.50 bits per heavy atom. The first-order valence-corrected chi connectivity index (χ1v) is 9.20. The maximum absolute atomic E-state index is 13.2. The lowest BCUT2D eigenvalue weighted by Crippen LogP contribution is -2.47. The minimum Gasteiger partial charge on any atom is -0.388 e. The van der Waals surface area contributed by atoms with E-state index in [0.29, 0.717) is 19.0 Å². The minimum atomic E-state index is -0.696. The van der Waals surface area contributed by atoms with Crippen LogP contribution in [0.15, 0.2) is 30.3 Å². The molecule has 1 saturated heterocycles. The van der Waals surface area contributed by atoms with E-state index in [9.17, 15) is 9.90 Å². The Labute approximate surface area is 145 Å². The number of rotatable bonds is 5. The summed E-state index contributed by atoms with van der Waals surface area (Å²) < 4.78 is 0. The van der Waals surface area contributed by atoms with Gasteiger partial charge in [0.2, 0.25) is 5.91 Å². The van der Waals surface area contributed by atoms with Gasteiger partial charge in [-0.25, -0.2) is 0 Å². The quantitative estimate of drug-likeness (QED) is 0.902. The highest BCUT2D eigenvalue weighted by molar-refractivity contribution is 5.80. The summed E-state index contributed by atoms with van der Waals surface area (Å²) in [6.07, 6.45) is 3.75. The van der Waals surface area contributed by atoms with Crippen molar-refractivity contribution in [1.82, 2.24) is 9.80 Å². The first-order chi connectivity index (χ1) is 11.5. The maximum atomic E-state index is 13.2. The Balaban J connectivity index is 1.77. The summed E-state index contributed by atoms with van der Waals surface area (Å²) in [7, 11) is 2.08. The standard InChI is InChI=1S/C20H30N2O2/c1-16-12-21(2)14-18(16)19(23)22(13-17-8-4-3-5-9-17)15-20(24)10-6-7-11-20/h3-5,8-9,16,18,24H,6-7,10-15H2,1-2H3. The summed E-state index contributed by atoms with van der Waals surface area (Å²) in [5, 5.41) is 10.8. The van der Waals surface area contributed by atoms with Crippen molar-refractivity contribution in [2.45, 2.75) is 44.8 Å². The second-order valence-electron chi connectivity index (χ2n) is 7.92. The van der Waals surface area contributed by atoms with E-state index < -0.39 is 5.60 Å². The summed E-state index contributed by atoms with van der Waals surface area (Å²) in [6.45, 7) is 5.02. The van der Waals surface area contributed by atoms with Gasteiger partial charge in [-0.2, -0.15) is 0 Å². The Hall–Kier alpha value is -1.39. The van der Waals surface area contributed by atoms with Crippen molar-refractivity contribution in [3.05, 3.63) is 35.9 Å². The Kier molecular flexibility index (Phi) is 5.26. The third kappa shape index (κ3) is 3.98. The predicted molar refractivity (Wildman–Crippen MR) is 95.4 cm³/mol. The number of hydrogen-bond donors (Lipinski definition) is 1. The summed E-state index contributed by atoms with van der Waals surface area (Å²) in [5.41, 5.74) is 0.435. The Bertz CT molecular complexity index is 554. The smallest absolute Gasteiger partial charge is 0.227 e. The average Bonchev–Trinajstić information content (AvgIpc) is 3.12. The van der Waals surface area contributed by atoms with Crippen LogP contribution in [0.2, 0.25) is 0 Å². The van der Waals surface area contributed by atoms with Crippen molar-refractivity contribution in [1.29, 1.82) is 0 Å². The molecule has 0 radical (unpaired) electrons. The molecule has 132 valence electrons. The second kappa shape index (κ2) is 7.24. The van der Waals surface area contributed by atoms with E-state index in [1.807, 2.05) is 23.1 Å². The molecule has 0 spiro atoms. The number of nitrogens with zero attached hydrogens (tertiary/aromatic N) is 2. The van der Waals surface area contributed by atoms with Gasteiger partial charge in [0.25, 0.3) is 0 Å². The molecular formula is C20H30N2O2. The van der Waals surface area contributed by atoms with Crippen LogP contribution >= 0.6 is 0 Å². The van der Waals surface area contributed by atoms with Crippen LogP contribution in [-0.2, 0) is 11.3 Å². The highest BCUT2D eigenvalue weighted by Gasteiger charge is 2.39. The van der Waals surface area contributed by atoms with E-state index in [1.54, 1.807) is 0 Å². The third-order valence-electron chi connectivity index (χ3n) is 5.66. The lowest BCUT2D eigenvalue weighted by molar-refractivity contribution is -0.140. The fourth-order valence-electron chi connectivity index (χ4n) is 4.33.